The number of carbonyl (C=O) groups is 1. The topological polar surface area (TPSA) is 58.7 Å². The molecular formula is C26H23N3O. The van der Waals surface area contributed by atoms with E-state index < -0.39 is 5.41 Å². The summed E-state index contributed by atoms with van der Waals surface area (Å²) in [6.45, 7) is 1.98. The molecule has 3 aromatic rings. The normalized spacial score (nSPS) is 25.1. The molecule has 0 saturated heterocycles. The summed E-state index contributed by atoms with van der Waals surface area (Å²) >= 11 is 0. The number of Topliss-reactive ketones (excluding diaryl/α,β-unsaturated/α-hetero) is 1. The fourth-order valence-electron chi connectivity index (χ4n) is 5.64. The van der Waals surface area contributed by atoms with Crippen LogP contribution in [0, 0.1) is 23.2 Å². The highest BCUT2D eigenvalue weighted by Gasteiger charge is 2.54. The molecule has 0 spiro atoms. The van der Waals surface area contributed by atoms with Gasteiger partial charge < -0.3 is 0 Å². The van der Waals surface area contributed by atoms with Crippen LogP contribution in [0.5, 0.6) is 0 Å². The van der Waals surface area contributed by atoms with Crippen molar-refractivity contribution in [2.75, 3.05) is 0 Å². The lowest BCUT2D eigenvalue weighted by atomic mass is 9.54. The Morgan fingerprint density at radius 3 is 2.43 bits per heavy atom. The van der Waals surface area contributed by atoms with Gasteiger partial charge in [0.15, 0.2) is 5.78 Å². The van der Waals surface area contributed by atoms with Crippen LogP contribution >= 0.6 is 0 Å². The van der Waals surface area contributed by atoms with Crippen molar-refractivity contribution in [3.05, 3.63) is 89.1 Å². The molecule has 0 saturated carbocycles. The maximum absolute atomic E-state index is 12.9. The van der Waals surface area contributed by atoms with Gasteiger partial charge in [-0.2, -0.15) is 10.4 Å². The van der Waals surface area contributed by atoms with Crippen LogP contribution in [0.4, 0.5) is 0 Å². The van der Waals surface area contributed by atoms with Gasteiger partial charge in [0.2, 0.25) is 0 Å². The number of carbonyl (C=O) groups excluding carboxylic acids is 1. The minimum atomic E-state index is -0.540. The van der Waals surface area contributed by atoms with Gasteiger partial charge in [0.1, 0.15) is 6.07 Å². The summed E-state index contributed by atoms with van der Waals surface area (Å²) in [4.78, 5) is 12.9. The molecular weight excluding hydrogens is 370 g/mol. The number of nitriles is 1. The molecule has 4 heteroatoms. The first-order valence-electron chi connectivity index (χ1n) is 10.4. The summed E-state index contributed by atoms with van der Waals surface area (Å²) in [6, 6.07) is 22.7. The maximum atomic E-state index is 12.9. The molecule has 3 atom stereocenters. The maximum Gasteiger partial charge on any atom is 0.176 e. The minimum Gasteiger partial charge on any atom is -0.293 e. The first-order chi connectivity index (χ1) is 14.6. The molecule has 5 rings (SSSR count). The lowest BCUT2D eigenvalue weighted by Crippen LogP contribution is -2.48. The Kier molecular flexibility index (Phi) is 4.22. The first kappa shape index (κ1) is 18.6. The Bertz CT molecular complexity index is 1200. The summed E-state index contributed by atoms with van der Waals surface area (Å²) in [5.41, 5.74) is 5.26. The van der Waals surface area contributed by atoms with E-state index >= 15 is 0 Å². The van der Waals surface area contributed by atoms with E-state index in [0.717, 1.165) is 35.4 Å². The van der Waals surface area contributed by atoms with Gasteiger partial charge in [-0.3, -0.25) is 9.48 Å². The molecule has 0 radical (unpaired) electrons. The lowest BCUT2D eigenvalue weighted by molar-refractivity contribution is -0.121. The van der Waals surface area contributed by atoms with E-state index in [1.54, 1.807) is 0 Å². The molecule has 0 amide bonds. The summed E-state index contributed by atoms with van der Waals surface area (Å²) in [6.07, 6.45) is 3.69. The Labute approximate surface area is 176 Å². The van der Waals surface area contributed by atoms with Crippen LogP contribution in [0.25, 0.3) is 11.3 Å². The molecule has 0 bridgehead atoms. The van der Waals surface area contributed by atoms with Crippen molar-refractivity contribution >= 4 is 5.78 Å². The van der Waals surface area contributed by atoms with Crippen LogP contribution in [0.3, 0.4) is 0 Å². The van der Waals surface area contributed by atoms with Gasteiger partial charge >= 0.3 is 0 Å². The van der Waals surface area contributed by atoms with Crippen molar-refractivity contribution in [1.82, 2.24) is 9.78 Å². The van der Waals surface area contributed by atoms with E-state index in [1.807, 2.05) is 61.1 Å². The number of aryl methyl sites for hydroxylation is 1. The van der Waals surface area contributed by atoms with Crippen molar-refractivity contribution in [2.45, 2.75) is 25.2 Å². The van der Waals surface area contributed by atoms with Crippen LogP contribution in [-0.2, 0) is 23.7 Å². The van der Waals surface area contributed by atoms with Crippen LogP contribution in [0.15, 0.2) is 72.3 Å². The van der Waals surface area contributed by atoms with E-state index in [-0.39, 0.29) is 23.2 Å². The highest BCUT2D eigenvalue weighted by atomic mass is 16.1. The summed E-state index contributed by atoms with van der Waals surface area (Å²) < 4.78 is 1.98. The van der Waals surface area contributed by atoms with Crippen LogP contribution in [-0.4, -0.2) is 15.6 Å². The van der Waals surface area contributed by atoms with E-state index in [9.17, 15) is 10.1 Å². The largest absolute Gasteiger partial charge is 0.293 e. The fourth-order valence-corrected chi connectivity index (χ4v) is 5.64. The molecule has 2 aliphatic rings. The van der Waals surface area contributed by atoms with Crippen LogP contribution in [0.1, 0.15) is 30.2 Å². The minimum absolute atomic E-state index is 0.0389. The highest BCUT2D eigenvalue weighted by Crippen LogP contribution is 2.54. The molecule has 0 unspecified atom stereocenters. The van der Waals surface area contributed by atoms with Crippen molar-refractivity contribution in [2.24, 2.45) is 18.9 Å². The monoisotopic (exact) mass is 393 g/mol. The predicted octanol–water partition coefficient (Wildman–Crippen LogP) is 4.60. The molecule has 2 aromatic carbocycles. The Hall–Kier alpha value is -3.45. The standard InChI is InChI=1S/C26H23N3O/c1-17-22-14-13-21-23(18-9-5-3-6-10-18)28-29(2)25(21)26(22,15-19(16-27)24(17)30)20-11-7-4-8-12-20/h3-12,15,17,22H,13-14H2,1-2H3/t17-,22-,26+/m0/s1. The fraction of sp³-hybridized carbons (Fsp3) is 0.269. The highest BCUT2D eigenvalue weighted by molar-refractivity contribution is 6.02. The second kappa shape index (κ2) is 6.81. The number of hydrogen-bond donors (Lipinski definition) is 0. The van der Waals surface area contributed by atoms with Gasteiger partial charge in [0.05, 0.1) is 22.4 Å². The summed E-state index contributed by atoms with van der Waals surface area (Å²) in [5, 5.41) is 14.7. The average Bonchev–Trinajstić information content (AvgIpc) is 3.14. The molecule has 0 fully saturated rings. The number of fused-ring (bicyclic) bond motifs is 3. The zero-order chi connectivity index (χ0) is 20.9. The smallest absolute Gasteiger partial charge is 0.176 e. The Morgan fingerprint density at radius 1 is 1.10 bits per heavy atom. The van der Waals surface area contributed by atoms with Gasteiger partial charge in [-0.1, -0.05) is 67.6 Å². The van der Waals surface area contributed by atoms with E-state index in [4.69, 9.17) is 5.10 Å². The molecule has 1 aromatic heterocycles. The van der Waals surface area contributed by atoms with Crippen molar-refractivity contribution in [3.63, 3.8) is 0 Å². The lowest BCUT2D eigenvalue weighted by Gasteiger charge is -2.48. The van der Waals surface area contributed by atoms with E-state index in [0.29, 0.717) is 0 Å². The molecule has 148 valence electrons. The molecule has 0 aliphatic heterocycles. The summed E-state index contributed by atoms with van der Waals surface area (Å²) in [5.74, 6) is -0.160. The van der Waals surface area contributed by atoms with Crippen molar-refractivity contribution in [1.29, 1.82) is 5.26 Å². The second-order valence-electron chi connectivity index (χ2n) is 8.37. The van der Waals surface area contributed by atoms with E-state index in [2.05, 4.69) is 30.3 Å². The average molecular weight is 393 g/mol. The second-order valence-corrected chi connectivity index (χ2v) is 8.37. The number of benzene rings is 2. The third-order valence-electron chi connectivity index (χ3n) is 6.90. The summed E-state index contributed by atoms with van der Waals surface area (Å²) in [7, 11) is 1.99. The molecule has 4 nitrogen and oxygen atoms in total. The van der Waals surface area contributed by atoms with Gasteiger partial charge in [0.25, 0.3) is 0 Å². The van der Waals surface area contributed by atoms with Crippen LogP contribution in [0.2, 0.25) is 0 Å². The quantitative estimate of drug-likeness (QED) is 0.639. The number of ketones is 1. The Morgan fingerprint density at radius 2 is 1.77 bits per heavy atom. The molecule has 0 N–H and O–H groups in total. The molecule has 1 heterocycles. The zero-order valence-corrected chi connectivity index (χ0v) is 17.2. The van der Waals surface area contributed by atoms with E-state index in [1.165, 1.54) is 5.56 Å². The SMILES string of the molecule is C[C@@H]1C(=O)C(C#N)=C[C@]2(c3ccccc3)c3c(c(-c4ccccc4)nn3C)CC[C@@H]12. The number of allylic oxidation sites excluding steroid dienone is 2. The number of hydrogen-bond acceptors (Lipinski definition) is 3. The van der Waals surface area contributed by atoms with Crippen molar-refractivity contribution in [3.8, 4) is 17.3 Å². The Balaban J connectivity index is 1.86. The van der Waals surface area contributed by atoms with Crippen LogP contribution < -0.4 is 0 Å². The number of nitrogens with zero attached hydrogens (tertiary/aromatic N) is 3. The van der Waals surface area contributed by atoms with Gasteiger partial charge in [-0.25, -0.2) is 0 Å². The number of rotatable bonds is 2. The predicted molar refractivity (Wildman–Crippen MR) is 116 cm³/mol. The van der Waals surface area contributed by atoms with Gasteiger partial charge in [-0.05, 0) is 30.4 Å². The number of aromatic nitrogens is 2. The van der Waals surface area contributed by atoms with Gasteiger partial charge in [-0.15, -0.1) is 0 Å². The zero-order valence-electron chi connectivity index (χ0n) is 17.2. The van der Waals surface area contributed by atoms with Gasteiger partial charge in [0, 0.05) is 24.1 Å². The molecule has 2 aliphatic carbocycles. The van der Waals surface area contributed by atoms with Crippen molar-refractivity contribution < 1.29 is 4.79 Å². The third kappa shape index (κ3) is 2.45. The third-order valence-corrected chi connectivity index (χ3v) is 6.90. The molecule has 30 heavy (non-hydrogen) atoms. The first-order valence-corrected chi connectivity index (χ1v) is 10.4.